The van der Waals surface area contributed by atoms with Crippen molar-refractivity contribution < 1.29 is 41.4 Å². The number of rotatable bonds is 13. The molecule has 0 N–H and O–H groups in total. The van der Waals surface area contributed by atoms with Crippen molar-refractivity contribution in [3.05, 3.63) is 58.0 Å². The van der Waals surface area contributed by atoms with Gasteiger partial charge in [0, 0.05) is 38.6 Å². The average molecular weight is 722 g/mol. The summed E-state index contributed by atoms with van der Waals surface area (Å²) < 4.78 is 61.9. The van der Waals surface area contributed by atoms with Crippen molar-refractivity contribution in [2.45, 2.75) is 68.9 Å². The first-order chi connectivity index (χ1) is 23.4. The van der Waals surface area contributed by atoms with E-state index in [0.717, 1.165) is 18.6 Å². The number of unbranched alkanes of at least 4 members (excludes halogenated alkanes) is 1. The Hall–Kier alpha value is -3.64. The molecular formula is C32H40FN5O9S2. The standard InChI is InChI=1S/C32H40FN5O9S2/c1-4-5-12-46-29-28(34-32-35(8-9-38(32)30(29)41)19-27(40)36-17-21(2)47-22(3)18-36)31(42)48-25(20-39)15-23-6-7-24(33)16-26(23)49(43,44)37-10-13-45-14-11-37/h6-9,16,20-22,25H,4-5,10-15,17-19H2,1-3H3/t21-,22-,25?/m0/s1. The fourth-order valence-corrected chi connectivity index (χ4v) is 8.28. The second kappa shape index (κ2) is 15.9. The maximum absolute atomic E-state index is 14.3. The van der Waals surface area contributed by atoms with E-state index >= 15 is 0 Å². The number of aromatic nitrogens is 3. The van der Waals surface area contributed by atoms with Crippen LogP contribution in [0.25, 0.3) is 5.78 Å². The average Bonchev–Trinajstić information content (AvgIpc) is 3.48. The SMILES string of the molecule is CCCCOc1c(C(=O)SC(C=O)Cc2ccc(F)cc2S(=O)(=O)N2CCOCC2)nc2n(CC(=O)N3C[C@H](C)O[C@@H](C)C3)ccn2c1=O. The summed E-state index contributed by atoms with van der Waals surface area (Å²) in [5, 5.41) is -1.89. The lowest BCUT2D eigenvalue weighted by Gasteiger charge is -2.35. The first kappa shape index (κ1) is 36.6. The second-order valence-electron chi connectivity index (χ2n) is 12.0. The summed E-state index contributed by atoms with van der Waals surface area (Å²) in [6.07, 6.45) is 4.29. The first-order valence-electron chi connectivity index (χ1n) is 16.1. The van der Waals surface area contributed by atoms with Gasteiger partial charge < -0.3 is 28.5 Å². The molecule has 2 fully saturated rings. The number of sulfonamides is 1. The van der Waals surface area contributed by atoms with E-state index in [1.165, 1.54) is 31.7 Å². The number of aldehydes is 1. The predicted molar refractivity (Wildman–Crippen MR) is 178 cm³/mol. The smallest absolute Gasteiger partial charge is 0.302 e. The molecule has 2 aromatic heterocycles. The van der Waals surface area contributed by atoms with Gasteiger partial charge in [0.1, 0.15) is 18.6 Å². The van der Waals surface area contributed by atoms with Crippen LogP contribution >= 0.6 is 11.8 Å². The quantitative estimate of drug-likeness (QED) is 0.188. The number of amides is 1. The molecule has 49 heavy (non-hydrogen) atoms. The van der Waals surface area contributed by atoms with Crippen LogP contribution in [0.4, 0.5) is 4.39 Å². The van der Waals surface area contributed by atoms with Crippen molar-refractivity contribution in [3.8, 4) is 5.75 Å². The summed E-state index contributed by atoms with van der Waals surface area (Å²) in [7, 11) is -4.14. The van der Waals surface area contributed by atoms with Gasteiger partial charge in [-0.2, -0.15) is 4.31 Å². The number of fused-ring (bicyclic) bond motifs is 1. The van der Waals surface area contributed by atoms with Gasteiger partial charge in [0.25, 0.3) is 0 Å². The topological polar surface area (TPSA) is 159 Å². The van der Waals surface area contributed by atoms with Crippen LogP contribution in [0.3, 0.4) is 0 Å². The fraction of sp³-hybridized carbons (Fsp3) is 0.531. The number of ether oxygens (including phenoxy) is 3. The third-order valence-corrected chi connectivity index (χ3v) is 11.1. The van der Waals surface area contributed by atoms with Crippen molar-refractivity contribution in [2.24, 2.45) is 0 Å². The summed E-state index contributed by atoms with van der Waals surface area (Å²) in [5.41, 5.74) is -0.850. The van der Waals surface area contributed by atoms with E-state index in [9.17, 15) is 32.0 Å². The van der Waals surface area contributed by atoms with E-state index in [4.69, 9.17) is 14.2 Å². The lowest BCUT2D eigenvalue weighted by Crippen LogP contribution is -2.49. The fourth-order valence-electron chi connectivity index (χ4n) is 5.79. The molecule has 17 heteroatoms. The van der Waals surface area contributed by atoms with Crippen LogP contribution in [0.15, 0.2) is 40.3 Å². The van der Waals surface area contributed by atoms with Crippen LogP contribution < -0.4 is 10.3 Å². The third-order valence-electron chi connectivity index (χ3n) is 8.17. The number of hydrogen-bond donors (Lipinski definition) is 0. The highest BCUT2D eigenvalue weighted by molar-refractivity contribution is 8.15. The minimum Gasteiger partial charge on any atom is -0.486 e. The van der Waals surface area contributed by atoms with Gasteiger partial charge in [-0.1, -0.05) is 31.2 Å². The Morgan fingerprint density at radius 2 is 1.88 bits per heavy atom. The summed E-state index contributed by atoms with van der Waals surface area (Å²) >= 11 is 0.550. The van der Waals surface area contributed by atoms with E-state index in [0.29, 0.717) is 37.6 Å². The Bertz CT molecular complexity index is 1850. The lowest BCUT2D eigenvalue weighted by atomic mass is 10.1. The molecule has 0 radical (unpaired) electrons. The van der Waals surface area contributed by atoms with Gasteiger partial charge in [0.05, 0.1) is 42.2 Å². The highest BCUT2D eigenvalue weighted by Crippen LogP contribution is 2.29. The van der Waals surface area contributed by atoms with Gasteiger partial charge in [-0.25, -0.2) is 22.2 Å². The molecular weight excluding hydrogens is 682 g/mol. The number of thioether (sulfide) groups is 1. The van der Waals surface area contributed by atoms with Crippen molar-refractivity contribution >= 4 is 44.9 Å². The van der Waals surface area contributed by atoms with Crippen molar-refractivity contribution in [2.75, 3.05) is 46.0 Å². The normalized spacial score (nSPS) is 19.6. The van der Waals surface area contributed by atoms with Crippen LogP contribution in [0.5, 0.6) is 5.75 Å². The third kappa shape index (κ3) is 8.40. The molecule has 5 rings (SSSR count). The Morgan fingerprint density at radius 1 is 1.16 bits per heavy atom. The molecule has 3 atom stereocenters. The van der Waals surface area contributed by atoms with E-state index in [1.807, 2.05) is 20.8 Å². The van der Waals surface area contributed by atoms with Crippen LogP contribution in [-0.2, 0) is 42.1 Å². The summed E-state index contributed by atoms with van der Waals surface area (Å²) in [4.78, 5) is 58.9. The molecule has 2 saturated heterocycles. The van der Waals surface area contributed by atoms with Gasteiger partial charge in [-0.15, -0.1) is 0 Å². The van der Waals surface area contributed by atoms with E-state index < -0.39 is 31.8 Å². The molecule has 1 unspecified atom stereocenters. The zero-order valence-electron chi connectivity index (χ0n) is 27.6. The molecule has 0 aliphatic carbocycles. The van der Waals surface area contributed by atoms with Gasteiger partial charge >= 0.3 is 5.56 Å². The zero-order valence-corrected chi connectivity index (χ0v) is 29.2. The molecule has 0 spiro atoms. The number of carbonyl (C=O) groups is 3. The number of benzene rings is 1. The molecule has 1 aromatic carbocycles. The van der Waals surface area contributed by atoms with Crippen LogP contribution in [-0.4, -0.2) is 112 Å². The minimum atomic E-state index is -4.14. The molecule has 4 heterocycles. The summed E-state index contributed by atoms with van der Waals surface area (Å²) in [6, 6.07) is 3.27. The van der Waals surface area contributed by atoms with Gasteiger partial charge in [0.2, 0.25) is 32.6 Å². The van der Waals surface area contributed by atoms with E-state index in [1.54, 1.807) is 4.90 Å². The Kier molecular flexibility index (Phi) is 11.9. The van der Waals surface area contributed by atoms with Crippen molar-refractivity contribution in [3.63, 3.8) is 0 Å². The summed E-state index contributed by atoms with van der Waals surface area (Å²) in [5.74, 6) is -1.26. The molecule has 2 aliphatic heterocycles. The molecule has 14 nitrogen and oxygen atoms in total. The molecule has 1 amide bonds. The Morgan fingerprint density at radius 3 is 2.55 bits per heavy atom. The van der Waals surface area contributed by atoms with Crippen LogP contribution in [0.2, 0.25) is 0 Å². The van der Waals surface area contributed by atoms with Gasteiger partial charge in [-0.05, 0) is 44.4 Å². The molecule has 0 bridgehead atoms. The number of imidazole rings is 1. The molecule has 266 valence electrons. The lowest BCUT2D eigenvalue weighted by molar-refractivity contribution is -0.143. The number of hydrogen-bond acceptors (Lipinski definition) is 11. The maximum Gasteiger partial charge on any atom is 0.302 e. The Labute approximate surface area is 287 Å². The summed E-state index contributed by atoms with van der Waals surface area (Å²) in [6.45, 7) is 7.04. The van der Waals surface area contributed by atoms with Crippen molar-refractivity contribution in [1.82, 2.24) is 23.2 Å². The second-order valence-corrected chi connectivity index (χ2v) is 15.1. The largest absolute Gasteiger partial charge is 0.486 e. The predicted octanol–water partition coefficient (Wildman–Crippen LogP) is 2.15. The van der Waals surface area contributed by atoms with E-state index in [2.05, 4.69) is 4.98 Å². The van der Waals surface area contributed by atoms with Crippen molar-refractivity contribution in [1.29, 1.82) is 0 Å². The molecule has 2 aliphatic rings. The highest BCUT2D eigenvalue weighted by atomic mass is 32.2. The monoisotopic (exact) mass is 721 g/mol. The van der Waals surface area contributed by atoms with Crippen LogP contribution in [0.1, 0.15) is 49.7 Å². The molecule has 3 aromatic rings. The zero-order chi connectivity index (χ0) is 35.3. The minimum absolute atomic E-state index is 0.0274. The van der Waals surface area contributed by atoms with Gasteiger partial charge in [0.15, 0.2) is 5.69 Å². The number of carbonyl (C=O) groups excluding carboxylic acids is 3. The van der Waals surface area contributed by atoms with E-state index in [-0.39, 0.29) is 91.7 Å². The molecule has 0 saturated carbocycles. The Balaban J connectivity index is 1.44. The highest BCUT2D eigenvalue weighted by Gasteiger charge is 2.32. The first-order valence-corrected chi connectivity index (χ1v) is 18.4. The maximum atomic E-state index is 14.3. The number of nitrogens with zero attached hydrogens (tertiary/aromatic N) is 5. The number of morpholine rings is 2. The van der Waals surface area contributed by atoms with Crippen LogP contribution in [0, 0.1) is 5.82 Å². The number of halogens is 1. The van der Waals surface area contributed by atoms with Gasteiger partial charge in [-0.3, -0.25) is 14.4 Å².